The molecule has 2 heterocycles. The molecule has 0 bridgehead atoms. The minimum atomic E-state index is -0.113. The van der Waals surface area contributed by atoms with Crippen LogP contribution in [0.25, 0.3) is 11.3 Å². The predicted octanol–water partition coefficient (Wildman–Crippen LogP) is 3.14. The highest BCUT2D eigenvalue weighted by Crippen LogP contribution is 2.22. The van der Waals surface area contributed by atoms with Crippen LogP contribution in [0.2, 0.25) is 0 Å². The van der Waals surface area contributed by atoms with E-state index in [9.17, 15) is 4.79 Å². The van der Waals surface area contributed by atoms with E-state index in [1.807, 2.05) is 35.0 Å². The molecule has 2 aromatic heterocycles. The van der Waals surface area contributed by atoms with Gasteiger partial charge in [-0.1, -0.05) is 18.2 Å². The molecule has 1 aromatic carbocycles. The molecule has 0 spiro atoms. The Balaban J connectivity index is 1.76. The van der Waals surface area contributed by atoms with E-state index in [1.54, 1.807) is 35.9 Å². The van der Waals surface area contributed by atoms with Gasteiger partial charge in [0.25, 0.3) is 5.91 Å². The lowest BCUT2D eigenvalue weighted by atomic mass is 10.1. The Hall–Kier alpha value is -2.53. The number of benzene rings is 1. The molecule has 0 aliphatic rings. The fourth-order valence-electron chi connectivity index (χ4n) is 1.99. The molecule has 0 aliphatic heterocycles. The summed E-state index contributed by atoms with van der Waals surface area (Å²) in [6.45, 7) is 0.354. The number of hydrogen-bond acceptors (Lipinski definition) is 4. The second kappa shape index (κ2) is 6.28. The van der Waals surface area contributed by atoms with E-state index in [0.29, 0.717) is 12.1 Å². The molecule has 104 valence electrons. The van der Waals surface area contributed by atoms with Gasteiger partial charge in [0.2, 0.25) is 0 Å². The van der Waals surface area contributed by atoms with E-state index in [-0.39, 0.29) is 5.91 Å². The highest BCUT2D eigenvalue weighted by Gasteiger charge is 2.10. The van der Waals surface area contributed by atoms with Crippen molar-refractivity contribution in [2.45, 2.75) is 6.54 Å². The summed E-state index contributed by atoms with van der Waals surface area (Å²) in [6, 6.07) is 11.1. The molecule has 1 amide bonds. The largest absolute Gasteiger partial charge is 0.346 e. The van der Waals surface area contributed by atoms with Crippen LogP contribution in [0.5, 0.6) is 0 Å². The number of carbonyl (C=O) groups excluding carboxylic acids is 1. The zero-order valence-electron chi connectivity index (χ0n) is 11.2. The first-order valence-corrected chi connectivity index (χ1v) is 7.44. The van der Waals surface area contributed by atoms with Crippen molar-refractivity contribution >= 4 is 17.2 Å². The number of nitrogens with one attached hydrogen (secondary N) is 1. The van der Waals surface area contributed by atoms with Crippen LogP contribution in [0.3, 0.4) is 0 Å². The molecule has 0 fully saturated rings. The average Bonchev–Trinajstić information content (AvgIpc) is 3.08. The highest BCUT2D eigenvalue weighted by atomic mass is 32.1. The van der Waals surface area contributed by atoms with Crippen LogP contribution >= 0.6 is 11.3 Å². The summed E-state index contributed by atoms with van der Waals surface area (Å²) in [7, 11) is 0. The van der Waals surface area contributed by atoms with Crippen LogP contribution in [0, 0.1) is 0 Å². The number of aromatic nitrogens is 2. The van der Waals surface area contributed by atoms with Gasteiger partial charge in [0.15, 0.2) is 0 Å². The quantitative estimate of drug-likeness (QED) is 0.804. The molecule has 0 radical (unpaired) electrons. The summed E-state index contributed by atoms with van der Waals surface area (Å²) >= 11 is 1.61. The lowest BCUT2D eigenvalue weighted by Crippen LogP contribution is -2.23. The van der Waals surface area contributed by atoms with Crippen LogP contribution in [-0.4, -0.2) is 15.9 Å². The van der Waals surface area contributed by atoms with Crippen LogP contribution < -0.4 is 5.32 Å². The zero-order valence-corrected chi connectivity index (χ0v) is 12.0. The van der Waals surface area contributed by atoms with E-state index in [4.69, 9.17) is 0 Å². The van der Waals surface area contributed by atoms with Gasteiger partial charge in [-0.15, -0.1) is 0 Å². The minimum Gasteiger partial charge on any atom is -0.346 e. The van der Waals surface area contributed by atoms with Crippen LogP contribution in [0.1, 0.15) is 16.1 Å². The van der Waals surface area contributed by atoms with Gasteiger partial charge in [0.1, 0.15) is 0 Å². The van der Waals surface area contributed by atoms with E-state index in [0.717, 1.165) is 17.0 Å². The Bertz CT molecular complexity index is 726. The van der Waals surface area contributed by atoms with E-state index >= 15 is 0 Å². The second-order valence-corrected chi connectivity index (χ2v) is 5.19. The van der Waals surface area contributed by atoms with Gasteiger partial charge in [-0.2, -0.15) is 11.3 Å². The Kier molecular flexibility index (Phi) is 4.02. The molecule has 3 rings (SSSR count). The lowest BCUT2D eigenvalue weighted by Gasteiger charge is -2.08. The normalized spacial score (nSPS) is 10.3. The van der Waals surface area contributed by atoms with Crippen molar-refractivity contribution in [2.24, 2.45) is 0 Å². The van der Waals surface area contributed by atoms with Crippen molar-refractivity contribution in [1.29, 1.82) is 0 Å². The van der Waals surface area contributed by atoms with Crippen LogP contribution in [-0.2, 0) is 6.54 Å². The van der Waals surface area contributed by atoms with Crippen LogP contribution in [0.4, 0.5) is 0 Å². The Morgan fingerprint density at radius 2 is 1.90 bits per heavy atom. The van der Waals surface area contributed by atoms with E-state index < -0.39 is 0 Å². The third-order valence-electron chi connectivity index (χ3n) is 3.02. The fourth-order valence-corrected chi connectivity index (χ4v) is 2.63. The molecule has 0 unspecified atom stereocenters. The van der Waals surface area contributed by atoms with Crippen LogP contribution in [0.15, 0.2) is 59.6 Å². The number of thiophene rings is 1. The van der Waals surface area contributed by atoms with Gasteiger partial charge < -0.3 is 5.32 Å². The smallest absolute Gasteiger partial charge is 0.251 e. The Morgan fingerprint density at radius 1 is 1.10 bits per heavy atom. The first-order valence-electron chi connectivity index (χ1n) is 6.50. The van der Waals surface area contributed by atoms with Crippen molar-refractivity contribution in [3.05, 3.63) is 70.8 Å². The fraction of sp³-hybridized carbons (Fsp3) is 0.0625. The highest BCUT2D eigenvalue weighted by molar-refractivity contribution is 7.08. The summed E-state index contributed by atoms with van der Waals surface area (Å²) in [5.74, 6) is -0.113. The summed E-state index contributed by atoms with van der Waals surface area (Å²) in [5.41, 5.74) is 3.24. The SMILES string of the molecule is O=C(NCc1nccnc1-c1ccsc1)c1ccccc1. The van der Waals surface area contributed by atoms with Crippen molar-refractivity contribution in [1.82, 2.24) is 15.3 Å². The van der Waals surface area contributed by atoms with Crippen molar-refractivity contribution in [3.8, 4) is 11.3 Å². The molecule has 0 aliphatic carbocycles. The van der Waals surface area contributed by atoms with Gasteiger partial charge in [0, 0.05) is 28.9 Å². The molecule has 0 saturated heterocycles. The first kappa shape index (κ1) is 13.5. The third-order valence-corrected chi connectivity index (χ3v) is 3.70. The summed E-state index contributed by atoms with van der Waals surface area (Å²) in [6.07, 6.45) is 3.30. The van der Waals surface area contributed by atoms with Gasteiger partial charge >= 0.3 is 0 Å². The predicted molar refractivity (Wildman–Crippen MR) is 83.0 cm³/mol. The van der Waals surface area contributed by atoms with Gasteiger partial charge in [-0.3, -0.25) is 14.8 Å². The maximum Gasteiger partial charge on any atom is 0.251 e. The third kappa shape index (κ3) is 3.14. The number of hydrogen-bond donors (Lipinski definition) is 1. The van der Waals surface area contributed by atoms with E-state index in [2.05, 4.69) is 15.3 Å². The first-order chi connectivity index (χ1) is 10.3. The standard InChI is InChI=1S/C16H13N3OS/c20-16(12-4-2-1-3-5-12)19-10-14-15(18-8-7-17-14)13-6-9-21-11-13/h1-9,11H,10H2,(H,19,20). The minimum absolute atomic E-state index is 0.113. The number of carbonyl (C=O) groups is 1. The number of rotatable bonds is 4. The second-order valence-electron chi connectivity index (χ2n) is 4.41. The van der Waals surface area contributed by atoms with Crippen molar-refractivity contribution < 1.29 is 4.79 Å². The molecule has 4 nitrogen and oxygen atoms in total. The molecule has 3 aromatic rings. The molecular formula is C16H13N3OS. The van der Waals surface area contributed by atoms with E-state index in [1.165, 1.54) is 0 Å². The van der Waals surface area contributed by atoms with Crippen molar-refractivity contribution in [3.63, 3.8) is 0 Å². The monoisotopic (exact) mass is 295 g/mol. The lowest BCUT2D eigenvalue weighted by molar-refractivity contribution is 0.0950. The summed E-state index contributed by atoms with van der Waals surface area (Å²) in [5, 5.41) is 6.90. The molecule has 0 saturated carbocycles. The van der Waals surface area contributed by atoms with Gasteiger partial charge in [0.05, 0.1) is 17.9 Å². The maximum atomic E-state index is 12.1. The van der Waals surface area contributed by atoms with Gasteiger partial charge in [-0.25, -0.2) is 0 Å². The number of amides is 1. The van der Waals surface area contributed by atoms with Gasteiger partial charge in [-0.05, 0) is 23.6 Å². The zero-order chi connectivity index (χ0) is 14.5. The molecule has 5 heteroatoms. The Morgan fingerprint density at radius 3 is 2.67 bits per heavy atom. The molecule has 1 N–H and O–H groups in total. The Labute approximate surface area is 126 Å². The molecular weight excluding hydrogens is 282 g/mol. The molecule has 0 atom stereocenters. The summed E-state index contributed by atoms with van der Waals surface area (Å²) < 4.78 is 0. The topological polar surface area (TPSA) is 54.9 Å². The average molecular weight is 295 g/mol. The van der Waals surface area contributed by atoms with Crippen molar-refractivity contribution in [2.75, 3.05) is 0 Å². The number of nitrogens with zero attached hydrogens (tertiary/aromatic N) is 2. The summed E-state index contributed by atoms with van der Waals surface area (Å²) in [4.78, 5) is 20.8. The molecule has 21 heavy (non-hydrogen) atoms. The maximum absolute atomic E-state index is 12.1.